The van der Waals surface area contributed by atoms with E-state index in [4.69, 9.17) is 10.8 Å². The van der Waals surface area contributed by atoms with E-state index in [9.17, 15) is 4.79 Å². The van der Waals surface area contributed by atoms with Crippen molar-refractivity contribution in [1.82, 2.24) is 4.98 Å². The number of nitrogens with two attached hydrogens (primary N) is 1. The van der Waals surface area contributed by atoms with Crippen LogP contribution in [0.1, 0.15) is 34.6 Å². The van der Waals surface area contributed by atoms with E-state index in [0.29, 0.717) is 11.3 Å². The molecule has 1 unspecified atom stereocenters. The highest BCUT2D eigenvalue weighted by Crippen LogP contribution is 2.25. The Morgan fingerprint density at radius 2 is 2.19 bits per heavy atom. The van der Waals surface area contributed by atoms with Crippen molar-refractivity contribution < 1.29 is 9.90 Å². The fourth-order valence-electron chi connectivity index (χ4n) is 1.90. The van der Waals surface area contributed by atoms with Gasteiger partial charge in [0.05, 0.1) is 5.56 Å². The maximum absolute atomic E-state index is 11.1. The van der Waals surface area contributed by atoms with E-state index in [0.717, 1.165) is 16.5 Å². The molecule has 0 bridgehead atoms. The van der Waals surface area contributed by atoms with Crippen molar-refractivity contribution >= 4 is 16.9 Å². The minimum absolute atomic E-state index is 0.0961. The third-order valence-corrected chi connectivity index (χ3v) is 2.75. The molecule has 1 aromatic heterocycles. The summed E-state index contributed by atoms with van der Waals surface area (Å²) in [5.41, 5.74) is 8.55. The Morgan fingerprint density at radius 3 is 2.75 bits per heavy atom. The summed E-state index contributed by atoms with van der Waals surface area (Å²) in [5.74, 6) is -0.912. The first-order valence-corrected chi connectivity index (χ1v) is 5.12. The number of H-pyrrole nitrogens is 1. The summed E-state index contributed by atoms with van der Waals surface area (Å²) in [6.45, 7) is 3.64. The Bertz CT molecular complexity index is 555. The van der Waals surface area contributed by atoms with Crippen LogP contribution in [-0.4, -0.2) is 16.1 Å². The SMILES string of the molecule is Cc1[nH]c2ccc(C(C)N)cc2c1C(=O)O. The number of nitrogens with one attached hydrogen (secondary N) is 1. The standard InChI is InChI=1S/C12H14N2O2/c1-6(13)8-3-4-10-9(5-8)11(12(15)16)7(2)14-10/h3-6,14H,13H2,1-2H3,(H,15,16). The molecule has 2 rings (SSSR count). The summed E-state index contributed by atoms with van der Waals surface area (Å²) in [4.78, 5) is 14.2. The first-order chi connectivity index (χ1) is 7.50. The van der Waals surface area contributed by atoms with Crippen LogP contribution in [0.3, 0.4) is 0 Å². The summed E-state index contributed by atoms with van der Waals surface area (Å²) in [6, 6.07) is 5.52. The van der Waals surface area contributed by atoms with Crippen LogP contribution in [0.25, 0.3) is 10.9 Å². The van der Waals surface area contributed by atoms with Crippen LogP contribution in [0.5, 0.6) is 0 Å². The molecule has 2 aromatic rings. The van der Waals surface area contributed by atoms with E-state index in [-0.39, 0.29) is 6.04 Å². The second-order valence-electron chi connectivity index (χ2n) is 4.02. The Labute approximate surface area is 93.1 Å². The van der Waals surface area contributed by atoms with E-state index in [2.05, 4.69) is 4.98 Å². The average Bonchev–Trinajstić information content (AvgIpc) is 2.51. The van der Waals surface area contributed by atoms with E-state index < -0.39 is 5.97 Å². The molecular formula is C12H14N2O2. The minimum atomic E-state index is -0.912. The molecular weight excluding hydrogens is 204 g/mol. The fraction of sp³-hybridized carbons (Fsp3) is 0.250. The number of carboxylic acid groups (broad SMARTS) is 1. The minimum Gasteiger partial charge on any atom is -0.478 e. The van der Waals surface area contributed by atoms with Gasteiger partial charge in [0.15, 0.2) is 0 Å². The largest absolute Gasteiger partial charge is 0.478 e. The molecule has 0 aliphatic heterocycles. The van der Waals surface area contributed by atoms with Crippen LogP contribution in [0, 0.1) is 6.92 Å². The van der Waals surface area contributed by atoms with Crippen molar-refractivity contribution in [2.75, 3.05) is 0 Å². The molecule has 0 saturated heterocycles. The van der Waals surface area contributed by atoms with Crippen LogP contribution in [0.15, 0.2) is 18.2 Å². The second kappa shape index (κ2) is 3.64. The Morgan fingerprint density at radius 1 is 1.50 bits per heavy atom. The van der Waals surface area contributed by atoms with Gasteiger partial charge in [-0.05, 0) is 31.5 Å². The fourth-order valence-corrected chi connectivity index (χ4v) is 1.90. The summed E-state index contributed by atoms with van der Waals surface area (Å²) in [6.07, 6.45) is 0. The van der Waals surface area contributed by atoms with E-state index in [1.165, 1.54) is 0 Å². The number of hydrogen-bond acceptors (Lipinski definition) is 2. The van der Waals surface area contributed by atoms with Crippen molar-refractivity contribution in [3.8, 4) is 0 Å². The van der Waals surface area contributed by atoms with Crippen molar-refractivity contribution in [1.29, 1.82) is 0 Å². The Balaban J connectivity index is 2.74. The number of carboxylic acids is 1. The molecule has 0 fully saturated rings. The lowest BCUT2D eigenvalue weighted by atomic mass is 10.0. The molecule has 1 heterocycles. The van der Waals surface area contributed by atoms with Gasteiger partial charge in [-0.15, -0.1) is 0 Å². The number of carbonyl (C=O) groups is 1. The highest BCUT2D eigenvalue weighted by atomic mass is 16.4. The summed E-state index contributed by atoms with van der Waals surface area (Å²) in [5, 5.41) is 9.85. The second-order valence-corrected chi connectivity index (χ2v) is 4.02. The lowest BCUT2D eigenvalue weighted by Crippen LogP contribution is -2.04. The number of aromatic carboxylic acids is 1. The smallest absolute Gasteiger partial charge is 0.338 e. The van der Waals surface area contributed by atoms with Gasteiger partial charge in [-0.25, -0.2) is 4.79 Å². The number of rotatable bonds is 2. The Kier molecular flexibility index (Phi) is 2.44. The first-order valence-electron chi connectivity index (χ1n) is 5.12. The molecule has 4 nitrogen and oxygen atoms in total. The van der Waals surface area contributed by atoms with Gasteiger partial charge in [-0.2, -0.15) is 0 Å². The van der Waals surface area contributed by atoms with Crippen molar-refractivity contribution in [2.24, 2.45) is 5.73 Å². The third kappa shape index (κ3) is 1.57. The zero-order valence-electron chi connectivity index (χ0n) is 9.24. The molecule has 1 aromatic carbocycles. The van der Waals surface area contributed by atoms with E-state index in [1.54, 1.807) is 6.92 Å². The molecule has 0 radical (unpaired) electrons. The maximum atomic E-state index is 11.1. The van der Waals surface area contributed by atoms with Crippen molar-refractivity contribution in [3.05, 3.63) is 35.0 Å². The summed E-state index contributed by atoms with van der Waals surface area (Å²) < 4.78 is 0. The molecule has 0 saturated carbocycles. The van der Waals surface area contributed by atoms with Crippen LogP contribution < -0.4 is 5.73 Å². The number of aromatic nitrogens is 1. The van der Waals surface area contributed by atoms with Crippen LogP contribution in [-0.2, 0) is 0 Å². The predicted molar refractivity (Wildman–Crippen MR) is 62.6 cm³/mol. The van der Waals surface area contributed by atoms with Crippen LogP contribution >= 0.6 is 0 Å². The van der Waals surface area contributed by atoms with Gasteiger partial charge < -0.3 is 15.8 Å². The van der Waals surface area contributed by atoms with Gasteiger partial charge >= 0.3 is 5.97 Å². The molecule has 4 heteroatoms. The quantitative estimate of drug-likeness (QED) is 0.722. The van der Waals surface area contributed by atoms with Gasteiger partial charge in [0, 0.05) is 22.6 Å². The molecule has 0 aliphatic carbocycles. The number of aryl methyl sites for hydroxylation is 1. The van der Waals surface area contributed by atoms with Crippen LogP contribution in [0.4, 0.5) is 0 Å². The lowest BCUT2D eigenvalue weighted by molar-refractivity contribution is 0.0698. The number of fused-ring (bicyclic) bond motifs is 1. The van der Waals surface area contributed by atoms with Crippen molar-refractivity contribution in [2.45, 2.75) is 19.9 Å². The molecule has 0 amide bonds. The zero-order chi connectivity index (χ0) is 11.9. The summed E-state index contributed by atoms with van der Waals surface area (Å²) in [7, 11) is 0. The first kappa shape index (κ1) is 10.7. The third-order valence-electron chi connectivity index (χ3n) is 2.75. The molecule has 0 aliphatic rings. The van der Waals surface area contributed by atoms with E-state index >= 15 is 0 Å². The maximum Gasteiger partial charge on any atom is 0.338 e. The average molecular weight is 218 g/mol. The highest BCUT2D eigenvalue weighted by molar-refractivity contribution is 6.04. The molecule has 1 atom stereocenters. The predicted octanol–water partition coefficient (Wildman–Crippen LogP) is 2.19. The van der Waals surface area contributed by atoms with Gasteiger partial charge in [0.25, 0.3) is 0 Å². The number of aromatic amines is 1. The zero-order valence-corrected chi connectivity index (χ0v) is 9.24. The van der Waals surface area contributed by atoms with Gasteiger partial charge in [0.2, 0.25) is 0 Å². The van der Waals surface area contributed by atoms with Gasteiger partial charge in [-0.1, -0.05) is 6.07 Å². The summed E-state index contributed by atoms with van der Waals surface area (Å²) >= 11 is 0. The van der Waals surface area contributed by atoms with Crippen LogP contribution in [0.2, 0.25) is 0 Å². The number of benzene rings is 1. The molecule has 0 spiro atoms. The van der Waals surface area contributed by atoms with Gasteiger partial charge in [0.1, 0.15) is 0 Å². The highest BCUT2D eigenvalue weighted by Gasteiger charge is 2.15. The number of hydrogen-bond donors (Lipinski definition) is 3. The van der Waals surface area contributed by atoms with Crippen molar-refractivity contribution in [3.63, 3.8) is 0 Å². The Hall–Kier alpha value is -1.81. The molecule has 84 valence electrons. The topological polar surface area (TPSA) is 79.1 Å². The monoisotopic (exact) mass is 218 g/mol. The van der Waals surface area contributed by atoms with E-state index in [1.807, 2.05) is 25.1 Å². The normalized spacial score (nSPS) is 12.9. The molecule has 16 heavy (non-hydrogen) atoms. The lowest BCUT2D eigenvalue weighted by Gasteiger charge is -2.05. The molecule has 4 N–H and O–H groups in total. The van der Waals surface area contributed by atoms with Gasteiger partial charge in [-0.3, -0.25) is 0 Å².